The summed E-state index contributed by atoms with van der Waals surface area (Å²) in [5, 5.41) is 0. The van der Waals surface area contributed by atoms with Gasteiger partial charge >= 0.3 is 0 Å². The molecule has 1 aromatic rings. The van der Waals surface area contributed by atoms with E-state index in [-0.39, 0.29) is 24.3 Å². The van der Waals surface area contributed by atoms with Crippen LogP contribution in [0.3, 0.4) is 0 Å². The molecule has 4 atom stereocenters. The number of likely N-dealkylation sites (tertiary alicyclic amines) is 1. The zero-order chi connectivity index (χ0) is 20.9. The zero-order valence-corrected chi connectivity index (χ0v) is 16.9. The van der Waals surface area contributed by atoms with E-state index in [1.165, 1.54) is 0 Å². The first-order valence-corrected chi connectivity index (χ1v) is 10.3. The van der Waals surface area contributed by atoms with Crippen LogP contribution < -0.4 is 4.74 Å². The van der Waals surface area contributed by atoms with Gasteiger partial charge in [-0.3, -0.25) is 14.4 Å². The second-order valence-corrected chi connectivity index (χ2v) is 8.40. The van der Waals surface area contributed by atoms with Crippen LogP contribution in [-0.4, -0.2) is 90.5 Å². The number of para-hydroxylation sites is 1. The lowest BCUT2D eigenvalue weighted by Crippen LogP contribution is -2.54. The fourth-order valence-corrected chi connectivity index (χ4v) is 5.00. The van der Waals surface area contributed by atoms with Crippen molar-refractivity contribution in [3.63, 3.8) is 0 Å². The Morgan fingerprint density at radius 1 is 1.23 bits per heavy atom. The average Bonchev–Trinajstić information content (AvgIpc) is 3.39. The van der Waals surface area contributed by atoms with E-state index >= 15 is 0 Å². The molecule has 0 N–H and O–H groups in total. The molecule has 0 aromatic heterocycles. The van der Waals surface area contributed by atoms with Gasteiger partial charge in [-0.2, -0.15) is 0 Å². The van der Waals surface area contributed by atoms with Crippen molar-refractivity contribution < 1.29 is 23.9 Å². The number of fused-ring (bicyclic) bond motifs is 1. The first kappa shape index (κ1) is 19.1. The molecular formula is C22H25N3O5. The molecule has 5 rings (SSSR count). The topological polar surface area (TPSA) is 79.4 Å². The minimum atomic E-state index is -0.745. The van der Waals surface area contributed by atoms with Crippen molar-refractivity contribution in [2.45, 2.75) is 11.7 Å². The van der Waals surface area contributed by atoms with Crippen LogP contribution in [0.4, 0.5) is 0 Å². The smallest absolute Gasteiger partial charge is 0.241 e. The van der Waals surface area contributed by atoms with E-state index in [4.69, 9.17) is 9.47 Å². The Labute approximate surface area is 175 Å². The molecule has 0 radical (unpaired) electrons. The van der Waals surface area contributed by atoms with Crippen molar-refractivity contribution >= 4 is 17.7 Å². The minimum Gasteiger partial charge on any atom is -0.492 e. The van der Waals surface area contributed by atoms with Gasteiger partial charge in [0.2, 0.25) is 17.7 Å². The summed E-state index contributed by atoms with van der Waals surface area (Å²) >= 11 is 0. The van der Waals surface area contributed by atoms with E-state index in [1.54, 1.807) is 21.7 Å². The van der Waals surface area contributed by atoms with E-state index in [1.807, 2.05) is 42.5 Å². The summed E-state index contributed by atoms with van der Waals surface area (Å²) in [5.41, 5.74) is -0.745. The highest BCUT2D eigenvalue weighted by Crippen LogP contribution is 2.52. The molecule has 158 valence electrons. The number of carbonyl (C=O) groups excluding carboxylic acids is 3. The van der Waals surface area contributed by atoms with E-state index in [9.17, 15) is 14.4 Å². The van der Waals surface area contributed by atoms with Gasteiger partial charge in [-0.1, -0.05) is 30.4 Å². The Bertz CT molecular complexity index is 903. The van der Waals surface area contributed by atoms with Crippen LogP contribution in [0, 0.1) is 11.8 Å². The van der Waals surface area contributed by atoms with Crippen LogP contribution in [0.25, 0.3) is 0 Å². The fraction of sp³-hybridized carbons (Fsp3) is 0.500. The highest BCUT2D eigenvalue weighted by Gasteiger charge is 2.67. The number of rotatable bonds is 5. The average molecular weight is 411 g/mol. The Kier molecular flexibility index (Phi) is 4.54. The molecule has 1 spiro atoms. The largest absolute Gasteiger partial charge is 0.492 e. The Morgan fingerprint density at radius 2 is 2.03 bits per heavy atom. The third-order valence-corrected chi connectivity index (χ3v) is 6.61. The molecule has 0 aliphatic carbocycles. The molecule has 0 saturated carbocycles. The van der Waals surface area contributed by atoms with Crippen molar-refractivity contribution in [3.8, 4) is 5.75 Å². The zero-order valence-electron chi connectivity index (χ0n) is 16.9. The fourth-order valence-electron chi connectivity index (χ4n) is 5.00. The van der Waals surface area contributed by atoms with Gasteiger partial charge in [0.1, 0.15) is 18.0 Å². The maximum absolute atomic E-state index is 13.3. The third-order valence-electron chi connectivity index (χ3n) is 6.61. The first-order valence-electron chi connectivity index (χ1n) is 10.3. The summed E-state index contributed by atoms with van der Waals surface area (Å²) < 4.78 is 11.9. The Balaban J connectivity index is 1.28. The maximum Gasteiger partial charge on any atom is 0.241 e. The van der Waals surface area contributed by atoms with Crippen LogP contribution in [0.15, 0.2) is 42.5 Å². The van der Waals surface area contributed by atoms with Gasteiger partial charge in [0, 0.05) is 20.1 Å². The molecule has 8 heteroatoms. The summed E-state index contributed by atoms with van der Waals surface area (Å²) in [6.07, 6.45) is 3.44. The molecule has 3 amide bonds. The number of hydrogen-bond donors (Lipinski definition) is 0. The number of piperazine rings is 1. The third kappa shape index (κ3) is 2.98. The molecule has 1 aromatic carbocycles. The standard InChI is InChI=1S/C22H25N3O5/c1-23-9-10-24(13-17(23)26)20(27)18-16-7-8-22(30-16)14-25(21(28)19(18)22)11-12-29-15-5-3-2-4-6-15/h2-8,16,18-19H,9-14H2,1H3/t16-,18+,19-,22-/m0/s1. The molecule has 8 nitrogen and oxygen atoms in total. The van der Waals surface area contributed by atoms with Crippen LogP contribution >= 0.6 is 0 Å². The number of ether oxygens (including phenoxy) is 2. The molecule has 0 unspecified atom stereocenters. The van der Waals surface area contributed by atoms with Crippen molar-refractivity contribution in [1.82, 2.24) is 14.7 Å². The number of carbonyl (C=O) groups is 3. The highest BCUT2D eigenvalue weighted by atomic mass is 16.5. The summed E-state index contributed by atoms with van der Waals surface area (Å²) in [4.78, 5) is 43.5. The number of amides is 3. The molecule has 3 fully saturated rings. The summed E-state index contributed by atoms with van der Waals surface area (Å²) in [7, 11) is 1.73. The Morgan fingerprint density at radius 3 is 2.80 bits per heavy atom. The second kappa shape index (κ2) is 7.12. The lowest BCUT2D eigenvalue weighted by Gasteiger charge is -2.35. The minimum absolute atomic E-state index is 0.0603. The number of hydrogen-bond acceptors (Lipinski definition) is 5. The SMILES string of the molecule is CN1CCN(C(=O)[C@@H]2[C@@H]3C=C[C@@]4(CN(CCOc5ccccc5)C(=O)[C@H]24)O3)CC1=O. The van der Waals surface area contributed by atoms with Crippen molar-refractivity contribution in [2.24, 2.45) is 11.8 Å². The van der Waals surface area contributed by atoms with Crippen molar-refractivity contribution in [2.75, 3.05) is 46.4 Å². The lowest BCUT2D eigenvalue weighted by molar-refractivity contribution is -0.149. The number of likely N-dealkylation sites (N-methyl/N-ethyl adjacent to an activating group) is 1. The normalized spacial score (nSPS) is 32.2. The van der Waals surface area contributed by atoms with Crippen LogP contribution in [-0.2, 0) is 19.1 Å². The summed E-state index contributed by atoms with van der Waals surface area (Å²) in [6.45, 7) is 2.28. The lowest BCUT2D eigenvalue weighted by atomic mass is 9.76. The Hall–Kier alpha value is -2.87. The van der Waals surface area contributed by atoms with Gasteiger partial charge in [-0.15, -0.1) is 0 Å². The van der Waals surface area contributed by atoms with E-state index in [0.717, 1.165) is 5.75 Å². The summed E-state index contributed by atoms with van der Waals surface area (Å²) in [5.74, 6) is -0.662. The predicted molar refractivity (Wildman–Crippen MR) is 106 cm³/mol. The maximum atomic E-state index is 13.3. The second-order valence-electron chi connectivity index (χ2n) is 8.40. The number of nitrogens with zero attached hydrogens (tertiary/aromatic N) is 3. The predicted octanol–water partition coefficient (Wildman–Crippen LogP) is 0.148. The molecular weight excluding hydrogens is 386 g/mol. The molecule has 4 heterocycles. The summed E-state index contributed by atoms with van der Waals surface area (Å²) in [6, 6.07) is 9.46. The van der Waals surface area contributed by atoms with Crippen LogP contribution in [0.2, 0.25) is 0 Å². The molecule has 2 bridgehead atoms. The van der Waals surface area contributed by atoms with Gasteiger partial charge < -0.3 is 24.2 Å². The van der Waals surface area contributed by atoms with Crippen molar-refractivity contribution in [3.05, 3.63) is 42.5 Å². The van der Waals surface area contributed by atoms with Crippen LogP contribution in [0.1, 0.15) is 0 Å². The monoisotopic (exact) mass is 411 g/mol. The van der Waals surface area contributed by atoms with Gasteiger partial charge in [0.25, 0.3) is 0 Å². The van der Waals surface area contributed by atoms with Gasteiger partial charge in [0.15, 0.2) is 0 Å². The quantitative estimate of drug-likeness (QED) is 0.645. The molecule has 4 aliphatic heterocycles. The highest BCUT2D eigenvalue weighted by molar-refractivity contribution is 5.94. The van der Waals surface area contributed by atoms with E-state index < -0.39 is 23.5 Å². The van der Waals surface area contributed by atoms with Gasteiger partial charge in [-0.25, -0.2) is 0 Å². The number of benzene rings is 1. The van der Waals surface area contributed by atoms with E-state index in [0.29, 0.717) is 32.8 Å². The molecule has 3 saturated heterocycles. The van der Waals surface area contributed by atoms with Gasteiger partial charge in [0.05, 0.1) is 37.6 Å². The van der Waals surface area contributed by atoms with Crippen molar-refractivity contribution in [1.29, 1.82) is 0 Å². The van der Waals surface area contributed by atoms with E-state index in [2.05, 4.69) is 0 Å². The van der Waals surface area contributed by atoms with Gasteiger partial charge in [-0.05, 0) is 12.1 Å². The van der Waals surface area contributed by atoms with Crippen LogP contribution in [0.5, 0.6) is 5.75 Å². The molecule has 30 heavy (non-hydrogen) atoms. The molecule has 4 aliphatic rings. The first-order chi connectivity index (χ1) is 14.5.